The minimum Gasteiger partial charge on any atom is -0.396 e. The molecule has 0 unspecified atom stereocenters. The first kappa shape index (κ1) is 7.98. The van der Waals surface area contributed by atoms with E-state index in [9.17, 15) is 5.11 Å². The van der Waals surface area contributed by atoms with Crippen molar-refractivity contribution in [2.24, 2.45) is 17.6 Å². The maximum absolute atomic E-state index is 9.29. The van der Waals surface area contributed by atoms with E-state index in [1.165, 1.54) is 0 Å². The van der Waals surface area contributed by atoms with Gasteiger partial charge in [0.1, 0.15) is 0 Å². The van der Waals surface area contributed by atoms with E-state index in [1.54, 1.807) is 0 Å². The number of aliphatic hydroxyl groups excluding tert-OH is 2. The second-order valence-corrected chi connectivity index (χ2v) is 3.17. The summed E-state index contributed by atoms with van der Waals surface area (Å²) in [5, 5.41) is 18.1. The summed E-state index contributed by atoms with van der Waals surface area (Å²) < 4.78 is 0. The molecule has 0 aromatic heterocycles. The van der Waals surface area contributed by atoms with Gasteiger partial charge in [0.15, 0.2) is 0 Å². The lowest BCUT2D eigenvalue weighted by Crippen LogP contribution is -2.26. The lowest BCUT2D eigenvalue weighted by Gasteiger charge is -2.16. The van der Waals surface area contributed by atoms with Gasteiger partial charge in [-0.05, 0) is 12.3 Å². The average Bonchev–Trinajstić information content (AvgIpc) is 2.09. The normalized spacial score (nSPS) is 48.0. The molecule has 1 rings (SSSR count). The smallest absolute Gasteiger partial charge is 0.0608 e. The van der Waals surface area contributed by atoms with Crippen molar-refractivity contribution in [2.75, 3.05) is 6.61 Å². The fourth-order valence-electron chi connectivity index (χ4n) is 1.62. The highest BCUT2D eigenvalue weighted by Gasteiger charge is 2.36. The first-order chi connectivity index (χ1) is 4.66. The molecule has 0 aromatic rings. The molecule has 3 heteroatoms. The summed E-state index contributed by atoms with van der Waals surface area (Å²) in [5.74, 6) is 0.245. The second kappa shape index (κ2) is 2.86. The first-order valence-corrected chi connectivity index (χ1v) is 3.71. The molecule has 0 bridgehead atoms. The summed E-state index contributed by atoms with van der Waals surface area (Å²) in [7, 11) is 0. The van der Waals surface area contributed by atoms with Crippen molar-refractivity contribution in [1.82, 2.24) is 0 Å². The van der Waals surface area contributed by atoms with Crippen LogP contribution in [0.2, 0.25) is 0 Å². The van der Waals surface area contributed by atoms with Gasteiger partial charge in [-0.25, -0.2) is 0 Å². The zero-order valence-electron chi connectivity index (χ0n) is 6.20. The third kappa shape index (κ3) is 1.17. The molecule has 0 aliphatic heterocycles. The Bertz CT molecular complexity index is 118. The van der Waals surface area contributed by atoms with Gasteiger partial charge in [-0.15, -0.1) is 0 Å². The Morgan fingerprint density at radius 3 is 2.40 bits per heavy atom. The van der Waals surface area contributed by atoms with Crippen molar-refractivity contribution in [2.45, 2.75) is 25.5 Å². The van der Waals surface area contributed by atoms with E-state index in [1.807, 2.05) is 6.92 Å². The monoisotopic (exact) mass is 145 g/mol. The molecule has 4 N–H and O–H groups in total. The van der Waals surface area contributed by atoms with Crippen LogP contribution in [0.15, 0.2) is 0 Å². The van der Waals surface area contributed by atoms with Gasteiger partial charge in [0.05, 0.1) is 6.10 Å². The largest absolute Gasteiger partial charge is 0.396 e. The van der Waals surface area contributed by atoms with Gasteiger partial charge in [0, 0.05) is 18.6 Å². The zero-order valence-corrected chi connectivity index (χ0v) is 6.20. The summed E-state index contributed by atoms with van der Waals surface area (Å²) in [4.78, 5) is 0. The molecular formula is C7H15NO2. The molecule has 1 saturated carbocycles. The molecule has 0 amide bonds. The molecule has 0 radical (unpaired) electrons. The molecule has 60 valence electrons. The van der Waals surface area contributed by atoms with E-state index in [-0.39, 0.29) is 24.5 Å². The molecule has 0 saturated heterocycles. The predicted octanol–water partition coefficient (Wildman–Crippen LogP) is -0.677. The third-order valence-corrected chi connectivity index (χ3v) is 2.57. The van der Waals surface area contributed by atoms with Crippen molar-refractivity contribution in [3.8, 4) is 0 Å². The Morgan fingerprint density at radius 2 is 2.20 bits per heavy atom. The van der Waals surface area contributed by atoms with Crippen LogP contribution in [0.3, 0.4) is 0 Å². The summed E-state index contributed by atoms with van der Waals surface area (Å²) in [6, 6.07) is 0.0622. The Hall–Kier alpha value is -0.120. The van der Waals surface area contributed by atoms with Crippen LogP contribution in [0.4, 0.5) is 0 Å². The standard InChI is InChI=1S/C7H15NO2/c1-4-5(3-9)7(10)2-6(4)8/h4-7,9-10H,2-3,8H2,1H3/t4-,5-,6-,7-/m0/s1. The SMILES string of the molecule is C[C@H]1[C@H](CO)[C@@H](O)C[C@@H]1N. The Kier molecular flexibility index (Phi) is 2.28. The van der Waals surface area contributed by atoms with Crippen LogP contribution in [0.25, 0.3) is 0 Å². The van der Waals surface area contributed by atoms with Crippen LogP contribution in [0.1, 0.15) is 13.3 Å². The topological polar surface area (TPSA) is 66.5 Å². The van der Waals surface area contributed by atoms with E-state index >= 15 is 0 Å². The lowest BCUT2D eigenvalue weighted by molar-refractivity contribution is 0.0754. The minimum absolute atomic E-state index is 0.00463. The van der Waals surface area contributed by atoms with E-state index in [2.05, 4.69) is 0 Å². The molecule has 1 aliphatic rings. The molecule has 1 fully saturated rings. The number of nitrogens with two attached hydrogens (primary N) is 1. The Balaban J connectivity index is 2.55. The number of hydrogen-bond acceptors (Lipinski definition) is 3. The molecule has 0 aromatic carbocycles. The molecule has 0 heterocycles. The van der Waals surface area contributed by atoms with Crippen LogP contribution < -0.4 is 5.73 Å². The third-order valence-electron chi connectivity index (χ3n) is 2.57. The lowest BCUT2D eigenvalue weighted by atomic mass is 9.96. The highest BCUT2D eigenvalue weighted by molar-refractivity contribution is 4.90. The number of hydrogen-bond donors (Lipinski definition) is 3. The summed E-state index contributed by atoms with van der Waals surface area (Å²) in [6.45, 7) is 2.03. The summed E-state index contributed by atoms with van der Waals surface area (Å²) in [5.41, 5.74) is 5.66. The average molecular weight is 145 g/mol. The number of aliphatic hydroxyl groups is 2. The molecule has 1 aliphatic carbocycles. The maximum atomic E-state index is 9.29. The number of rotatable bonds is 1. The fourth-order valence-corrected chi connectivity index (χ4v) is 1.62. The molecule has 10 heavy (non-hydrogen) atoms. The van der Waals surface area contributed by atoms with Gasteiger partial charge >= 0.3 is 0 Å². The van der Waals surface area contributed by atoms with E-state index in [0.717, 1.165) is 0 Å². The van der Waals surface area contributed by atoms with Crippen LogP contribution in [-0.4, -0.2) is 29.0 Å². The van der Waals surface area contributed by atoms with Crippen molar-refractivity contribution in [3.63, 3.8) is 0 Å². The van der Waals surface area contributed by atoms with Gasteiger partial charge < -0.3 is 15.9 Å². The Labute approximate surface area is 60.9 Å². The van der Waals surface area contributed by atoms with E-state index in [4.69, 9.17) is 10.8 Å². The van der Waals surface area contributed by atoms with Crippen molar-refractivity contribution < 1.29 is 10.2 Å². The van der Waals surface area contributed by atoms with Crippen LogP contribution in [0, 0.1) is 11.8 Å². The van der Waals surface area contributed by atoms with Crippen LogP contribution in [-0.2, 0) is 0 Å². The van der Waals surface area contributed by atoms with E-state index in [0.29, 0.717) is 6.42 Å². The minimum atomic E-state index is -0.394. The van der Waals surface area contributed by atoms with Gasteiger partial charge in [-0.1, -0.05) is 6.92 Å². The van der Waals surface area contributed by atoms with Crippen LogP contribution >= 0.6 is 0 Å². The fraction of sp³-hybridized carbons (Fsp3) is 1.00. The Morgan fingerprint density at radius 1 is 1.60 bits per heavy atom. The summed E-state index contributed by atoms with van der Waals surface area (Å²) >= 11 is 0. The van der Waals surface area contributed by atoms with Crippen molar-refractivity contribution in [1.29, 1.82) is 0 Å². The zero-order chi connectivity index (χ0) is 7.72. The van der Waals surface area contributed by atoms with E-state index < -0.39 is 6.10 Å². The molecule has 3 nitrogen and oxygen atoms in total. The van der Waals surface area contributed by atoms with Gasteiger partial charge in [-0.3, -0.25) is 0 Å². The summed E-state index contributed by atoms with van der Waals surface area (Å²) in [6.07, 6.45) is 0.238. The second-order valence-electron chi connectivity index (χ2n) is 3.17. The first-order valence-electron chi connectivity index (χ1n) is 3.71. The highest BCUT2D eigenvalue weighted by atomic mass is 16.3. The van der Waals surface area contributed by atoms with Crippen LogP contribution in [0.5, 0.6) is 0 Å². The molecule has 0 spiro atoms. The van der Waals surface area contributed by atoms with Crippen molar-refractivity contribution >= 4 is 0 Å². The molecule has 4 atom stereocenters. The van der Waals surface area contributed by atoms with Gasteiger partial charge in [0.2, 0.25) is 0 Å². The highest BCUT2D eigenvalue weighted by Crippen LogP contribution is 2.30. The van der Waals surface area contributed by atoms with Crippen molar-refractivity contribution in [3.05, 3.63) is 0 Å². The maximum Gasteiger partial charge on any atom is 0.0608 e. The molecular weight excluding hydrogens is 130 g/mol. The predicted molar refractivity (Wildman–Crippen MR) is 38.3 cm³/mol. The van der Waals surface area contributed by atoms with Gasteiger partial charge in [0.25, 0.3) is 0 Å². The van der Waals surface area contributed by atoms with Gasteiger partial charge in [-0.2, -0.15) is 0 Å². The quantitative estimate of drug-likeness (QED) is 0.458.